The monoisotopic (exact) mass is 245 g/mol. The molecule has 0 bridgehead atoms. The molecule has 0 amide bonds. The maximum atomic E-state index is 12.3. The van der Waals surface area contributed by atoms with Crippen molar-refractivity contribution in [3.8, 4) is 0 Å². The first-order valence-electron chi connectivity index (χ1n) is 6.99. The lowest BCUT2D eigenvalue weighted by molar-refractivity contribution is -0.151. The summed E-state index contributed by atoms with van der Waals surface area (Å²) in [5.74, 6) is -0.183. The van der Waals surface area contributed by atoms with Gasteiger partial charge in [-0.1, -0.05) is 6.07 Å². The van der Waals surface area contributed by atoms with E-state index in [1.807, 2.05) is 6.07 Å². The molecule has 1 atom stereocenters. The molecule has 1 fully saturated rings. The Hall–Kier alpha value is -1.38. The molecule has 1 aromatic heterocycles. The van der Waals surface area contributed by atoms with Crippen LogP contribution in [0.4, 0.5) is 0 Å². The van der Waals surface area contributed by atoms with Gasteiger partial charge in [-0.05, 0) is 56.6 Å². The molecule has 0 radical (unpaired) electrons. The Bertz CT molecular complexity index is 438. The van der Waals surface area contributed by atoms with Crippen molar-refractivity contribution in [3.63, 3.8) is 0 Å². The van der Waals surface area contributed by atoms with Gasteiger partial charge in [-0.15, -0.1) is 0 Å². The van der Waals surface area contributed by atoms with Crippen LogP contribution in [0.2, 0.25) is 0 Å². The van der Waals surface area contributed by atoms with E-state index in [1.54, 1.807) is 6.20 Å². The predicted molar refractivity (Wildman–Crippen MR) is 68.3 cm³/mol. The van der Waals surface area contributed by atoms with Gasteiger partial charge in [0.25, 0.3) is 0 Å². The number of rotatable bonds is 2. The summed E-state index contributed by atoms with van der Waals surface area (Å²) >= 11 is 0. The first kappa shape index (κ1) is 11.7. The smallest absolute Gasteiger partial charge is 0.315 e. The Morgan fingerprint density at radius 2 is 2.06 bits per heavy atom. The molecule has 3 heteroatoms. The zero-order chi connectivity index (χ0) is 12.4. The Labute approximate surface area is 108 Å². The third-order valence-corrected chi connectivity index (χ3v) is 4.06. The van der Waals surface area contributed by atoms with Crippen LogP contribution in [0, 0.1) is 0 Å². The van der Waals surface area contributed by atoms with Gasteiger partial charge in [0.2, 0.25) is 0 Å². The van der Waals surface area contributed by atoms with Gasteiger partial charge in [-0.3, -0.25) is 9.78 Å². The summed E-state index contributed by atoms with van der Waals surface area (Å²) in [4.78, 5) is 16.7. The highest BCUT2D eigenvalue weighted by Gasteiger charge is 2.31. The fourth-order valence-corrected chi connectivity index (χ4v) is 3.09. The second-order valence-electron chi connectivity index (χ2n) is 5.34. The van der Waals surface area contributed by atoms with Crippen molar-refractivity contribution >= 4 is 5.97 Å². The lowest BCUT2D eigenvalue weighted by Crippen LogP contribution is -2.25. The minimum atomic E-state index is -0.129. The molecule has 0 unspecified atom stereocenters. The van der Waals surface area contributed by atoms with E-state index in [9.17, 15) is 4.79 Å². The standard InChI is InChI=1S/C15H19NO2/c17-15(18-12-7-1-2-8-12)13-9-3-5-11-6-4-10-16-14(11)13/h4,6,10,12-13H,1-3,5,7-9H2/t13-/m0/s1. The lowest BCUT2D eigenvalue weighted by Gasteiger charge is -2.24. The number of fused-ring (bicyclic) bond motifs is 1. The number of carbonyl (C=O) groups is 1. The van der Waals surface area contributed by atoms with Crippen LogP contribution in [0.3, 0.4) is 0 Å². The highest BCUT2D eigenvalue weighted by molar-refractivity contribution is 5.78. The third-order valence-electron chi connectivity index (χ3n) is 4.06. The number of ether oxygens (including phenoxy) is 1. The van der Waals surface area contributed by atoms with Crippen LogP contribution in [0.5, 0.6) is 0 Å². The number of aryl methyl sites for hydroxylation is 1. The average Bonchev–Trinajstić information content (AvgIpc) is 2.91. The zero-order valence-electron chi connectivity index (χ0n) is 10.6. The molecule has 18 heavy (non-hydrogen) atoms. The van der Waals surface area contributed by atoms with Crippen LogP contribution in [0.15, 0.2) is 18.3 Å². The van der Waals surface area contributed by atoms with E-state index in [0.29, 0.717) is 0 Å². The number of nitrogens with zero attached hydrogens (tertiary/aromatic N) is 1. The van der Waals surface area contributed by atoms with E-state index in [0.717, 1.165) is 37.8 Å². The average molecular weight is 245 g/mol. The van der Waals surface area contributed by atoms with Crippen molar-refractivity contribution in [1.29, 1.82) is 0 Å². The van der Waals surface area contributed by atoms with Gasteiger partial charge in [-0.2, -0.15) is 0 Å². The molecule has 96 valence electrons. The largest absolute Gasteiger partial charge is 0.462 e. The zero-order valence-corrected chi connectivity index (χ0v) is 10.6. The molecule has 0 aliphatic heterocycles. The van der Waals surface area contributed by atoms with Crippen molar-refractivity contribution in [2.24, 2.45) is 0 Å². The number of carbonyl (C=O) groups excluding carboxylic acids is 1. The van der Waals surface area contributed by atoms with E-state index in [2.05, 4.69) is 11.1 Å². The van der Waals surface area contributed by atoms with Crippen LogP contribution < -0.4 is 0 Å². The molecule has 1 aromatic rings. The molecule has 0 N–H and O–H groups in total. The Kier molecular flexibility index (Phi) is 3.31. The molecule has 3 rings (SSSR count). The Balaban J connectivity index is 1.74. The van der Waals surface area contributed by atoms with E-state index >= 15 is 0 Å². The van der Waals surface area contributed by atoms with Crippen LogP contribution in [0.25, 0.3) is 0 Å². The first-order chi connectivity index (χ1) is 8.84. The van der Waals surface area contributed by atoms with Crippen LogP contribution in [-0.2, 0) is 16.0 Å². The van der Waals surface area contributed by atoms with E-state index in [-0.39, 0.29) is 18.0 Å². The fraction of sp³-hybridized carbons (Fsp3) is 0.600. The minimum Gasteiger partial charge on any atom is -0.462 e. The van der Waals surface area contributed by atoms with Gasteiger partial charge in [0.05, 0.1) is 11.6 Å². The molecule has 2 aliphatic carbocycles. The summed E-state index contributed by atoms with van der Waals surface area (Å²) in [5.41, 5.74) is 2.17. The van der Waals surface area contributed by atoms with Gasteiger partial charge >= 0.3 is 5.97 Å². The molecule has 0 aromatic carbocycles. The van der Waals surface area contributed by atoms with Crippen LogP contribution in [0.1, 0.15) is 55.7 Å². The second-order valence-corrected chi connectivity index (χ2v) is 5.34. The summed E-state index contributed by atoms with van der Waals surface area (Å²) in [5, 5.41) is 0. The van der Waals surface area contributed by atoms with Crippen LogP contribution >= 0.6 is 0 Å². The topological polar surface area (TPSA) is 39.2 Å². The third kappa shape index (κ3) is 2.26. The molecule has 0 spiro atoms. The fourth-order valence-electron chi connectivity index (χ4n) is 3.09. The molecular weight excluding hydrogens is 226 g/mol. The van der Waals surface area contributed by atoms with Crippen molar-refractivity contribution in [2.45, 2.75) is 57.0 Å². The molecule has 1 heterocycles. The molecule has 2 aliphatic rings. The minimum absolute atomic E-state index is 0.0541. The maximum Gasteiger partial charge on any atom is 0.315 e. The second kappa shape index (κ2) is 5.09. The van der Waals surface area contributed by atoms with Gasteiger partial charge in [0.1, 0.15) is 6.10 Å². The molecule has 3 nitrogen and oxygen atoms in total. The van der Waals surface area contributed by atoms with Crippen molar-refractivity contribution < 1.29 is 9.53 Å². The van der Waals surface area contributed by atoms with Crippen molar-refractivity contribution in [1.82, 2.24) is 4.98 Å². The van der Waals surface area contributed by atoms with Crippen LogP contribution in [-0.4, -0.2) is 17.1 Å². The van der Waals surface area contributed by atoms with E-state index in [4.69, 9.17) is 4.74 Å². The predicted octanol–water partition coefficient (Wildman–Crippen LogP) is 2.99. The number of hydrogen-bond donors (Lipinski definition) is 0. The van der Waals surface area contributed by atoms with Gasteiger partial charge in [0, 0.05) is 6.20 Å². The van der Waals surface area contributed by atoms with E-state index < -0.39 is 0 Å². The number of hydrogen-bond acceptors (Lipinski definition) is 3. The summed E-state index contributed by atoms with van der Waals surface area (Å²) in [6, 6.07) is 4.03. The number of esters is 1. The van der Waals surface area contributed by atoms with E-state index in [1.165, 1.54) is 18.4 Å². The highest BCUT2D eigenvalue weighted by Crippen LogP contribution is 2.32. The summed E-state index contributed by atoms with van der Waals surface area (Å²) in [7, 11) is 0. The van der Waals surface area contributed by atoms with Crippen molar-refractivity contribution in [3.05, 3.63) is 29.6 Å². The first-order valence-corrected chi connectivity index (χ1v) is 6.99. The molecule has 0 saturated heterocycles. The van der Waals surface area contributed by atoms with Crippen molar-refractivity contribution in [2.75, 3.05) is 0 Å². The van der Waals surface area contributed by atoms with Gasteiger partial charge < -0.3 is 4.74 Å². The number of aromatic nitrogens is 1. The quantitative estimate of drug-likeness (QED) is 0.752. The summed E-state index contributed by atoms with van der Waals surface area (Å²) in [6.07, 6.45) is 9.37. The highest BCUT2D eigenvalue weighted by atomic mass is 16.5. The SMILES string of the molecule is O=C(OC1CCCC1)[C@H]1CCCc2cccnc21. The van der Waals surface area contributed by atoms with Gasteiger partial charge in [-0.25, -0.2) is 0 Å². The Morgan fingerprint density at radius 1 is 1.22 bits per heavy atom. The molecular formula is C15H19NO2. The lowest BCUT2D eigenvalue weighted by atomic mass is 9.87. The van der Waals surface area contributed by atoms with Gasteiger partial charge in [0.15, 0.2) is 0 Å². The normalized spacial score (nSPS) is 23.7. The maximum absolute atomic E-state index is 12.3. The Morgan fingerprint density at radius 3 is 2.89 bits per heavy atom. The summed E-state index contributed by atoms with van der Waals surface area (Å²) in [6.45, 7) is 0. The number of pyridine rings is 1. The summed E-state index contributed by atoms with van der Waals surface area (Å²) < 4.78 is 5.63. The molecule has 1 saturated carbocycles.